The number of piperidine rings is 1. The van der Waals surface area contributed by atoms with Crippen molar-refractivity contribution in [3.8, 4) is 0 Å². The zero-order valence-electron chi connectivity index (χ0n) is 15.2. The highest BCUT2D eigenvalue weighted by Crippen LogP contribution is 2.25. The summed E-state index contributed by atoms with van der Waals surface area (Å²) in [7, 11) is -3.46. The van der Waals surface area contributed by atoms with E-state index in [1.807, 2.05) is 31.2 Å². The summed E-state index contributed by atoms with van der Waals surface area (Å²) in [5.41, 5.74) is 2.33. The number of halogens is 1. The molecule has 1 aliphatic heterocycles. The van der Waals surface area contributed by atoms with Gasteiger partial charge in [0.05, 0.1) is 11.7 Å². The number of carbonyl (C=O) groups excluding carboxylic acids is 1. The average Bonchev–Trinajstić information content (AvgIpc) is 2.65. The standard InChI is InChI=1S/C20H23ClN2O3S/c1-15-9-10-18(21)12-19(15)22-20(24)17-8-5-11-23(13-17)27(25,26)14-16-6-3-2-4-7-16/h2-4,6-7,9-10,12,17H,5,8,11,13-14H2,1H3,(H,22,24). The Balaban J connectivity index is 1.68. The van der Waals surface area contributed by atoms with Crippen LogP contribution < -0.4 is 5.32 Å². The summed E-state index contributed by atoms with van der Waals surface area (Å²) in [5.74, 6) is -0.585. The van der Waals surface area contributed by atoms with Crippen molar-refractivity contribution in [3.63, 3.8) is 0 Å². The van der Waals surface area contributed by atoms with Crippen LogP contribution in [0.15, 0.2) is 48.5 Å². The molecule has 0 radical (unpaired) electrons. The lowest BCUT2D eigenvalue weighted by Gasteiger charge is -2.31. The highest BCUT2D eigenvalue weighted by atomic mass is 35.5. The molecule has 1 heterocycles. The molecule has 1 fully saturated rings. The van der Waals surface area contributed by atoms with Crippen LogP contribution in [0.1, 0.15) is 24.0 Å². The molecule has 0 aliphatic carbocycles. The molecule has 1 N–H and O–H groups in total. The van der Waals surface area contributed by atoms with Gasteiger partial charge in [-0.15, -0.1) is 0 Å². The summed E-state index contributed by atoms with van der Waals surface area (Å²) in [4.78, 5) is 12.7. The van der Waals surface area contributed by atoms with Gasteiger partial charge in [-0.1, -0.05) is 48.0 Å². The van der Waals surface area contributed by atoms with Gasteiger partial charge in [-0.25, -0.2) is 12.7 Å². The van der Waals surface area contributed by atoms with Gasteiger partial charge in [0.15, 0.2) is 0 Å². The van der Waals surface area contributed by atoms with E-state index in [-0.39, 0.29) is 24.1 Å². The number of rotatable bonds is 5. The van der Waals surface area contributed by atoms with E-state index >= 15 is 0 Å². The van der Waals surface area contributed by atoms with E-state index in [1.54, 1.807) is 24.3 Å². The Kier molecular flexibility index (Phi) is 6.19. The molecule has 1 unspecified atom stereocenters. The normalized spacial score (nSPS) is 18.2. The second-order valence-electron chi connectivity index (χ2n) is 6.89. The number of sulfonamides is 1. The van der Waals surface area contributed by atoms with Gasteiger partial charge in [-0.3, -0.25) is 4.79 Å². The monoisotopic (exact) mass is 406 g/mol. The van der Waals surface area contributed by atoms with Gasteiger partial charge in [0.1, 0.15) is 0 Å². The number of nitrogens with zero attached hydrogens (tertiary/aromatic N) is 1. The van der Waals surface area contributed by atoms with Crippen LogP contribution in [0.4, 0.5) is 5.69 Å². The number of hydrogen-bond donors (Lipinski definition) is 1. The van der Waals surface area contributed by atoms with Crippen LogP contribution in [0.3, 0.4) is 0 Å². The molecule has 144 valence electrons. The first-order valence-electron chi connectivity index (χ1n) is 8.94. The van der Waals surface area contributed by atoms with E-state index in [0.29, 0.717) is 30.1 Å². The maximum Gasteiger partial charge on any atom is 0.228 e. The van der Waals surface area contributed by atoms with Crippen LogP contribution in [0, 0.1) is 12.8 Å². The molecule has 2 aromatic carbocycles. The topological polar surface area (TPSA) is 66.5 Å². The van der Waals surface area contributed by atoms with Crippen molar-refractivity contribution in [1.82, 2.24) is 4.31 Å². The molecule has 0 bridgehead atoms. The molecule has 0 spiro atoms. The van der Waals surface area contributed by atoms with Crippen molar-refractivity contribution in [2.24, 2.45) is 5.92 Å². The minimum absolute atomic E-state index is 0.0461. The number of amides is 1. The SMILES string of the molecule is Cc1ccc(Cl)cc1NC(=O)C1CCCN(S(=O)(=O)Cc2ccccc2)C1. The van der Waals surface area contributed by atoms with E-state index in [4.69, 9.17) is 11.6 Å². The quantitative estimate of drug-likeness (QED) is 0.820. The third-order valence-electron chi connectivity index (χ3n) is 4.80. The van der Waals surface area contributed by atoms with Gasteiger partial charge >= 0.3 is 0 Å². The lowest BCUT2D eigenvalue weighted by molar-refractivity contribution is -0.120. The molecule has 5 nitrogen and oxygen atoms in total. The summed E-state index contributed by atoms with van der Waals surface area (Å²) < 4.78 is 27.0. The molecule has 1 saturated heterocycles. The van der Waals surface area contributed by atoms with Gasteiger partial charge in [0.2, 0.25) is 15.9 Å². The van der Waals surface area contributed by atoms with Gasteiger partial charge in [-0.05, 0) is 43.0 Å². The van der Waals surface area contributed by atoms with E-state index in [0.717, 1.165) is 11.1 Å². The molecule has 3 rings (SSSR count). The highest BCUT2D eigenvalue weighted by Gasteiger charge is 2.32. The van der Waals surface area contributed by atoms with Crippen LogP contribution in [0.2, 0.25) is 5.02 Å². The number of carbonyl (C=O) groups is 1. The van der Waals surface area contributed by atoms with Crippen LogP contribution in [0.5, 0.6) is 0 Å². The Bertz CT molecular complexity index is 916. The van der Waals surface area contributed by atoms with Gasteiger partial charge in [0.25, 0.3) is 0 Å². The largest absolute Gasteiger partial charge is 0.326 e. The zero-order valence-corrected chi connectivity index (χ0v) is 16.8. The van der Waals surface area contributed by atoms with E-state index in [2.05, 4.69) is 5.32 Å². The molecular weight excluding hydrogens is 384 g/mol. The second kappa shape index (κ2) is 8.42. The number of benzene rings is 2. The molecule has 1 aliphatic rings. The molecule has 0 saturated carbocycles. The summed E-state index contributed by atoms with van der Waals surface area (Å²) in [6.45, 7) is 2.55. The summed E-state index contributed by atoms with van der Waals surface area (Å²) in [6.07, 6.45) is 1.34. The molecule has 1 atom stereocenters. The van der Waals surface area contributed by atoms with Crippen LogP contribution in [-0.4, -0.2) is 31.7 Å². The predicted octanol–water partition coefficient (Wildman–Crippen LogP) is 3.83. The van der Waals surface area contributed by atoms with Crippen molar-refractivity contribution in [1.29, 1.82) is 0 Å². The molecule has 1 amide bonds. The lowest BCUT2D eigenvalue weighted by Crippen LogP contribution is -2.44. The Morgan fingerprint density at radius 1 is 1.22 bits per heavy atom. The maximum absolute atomic E-state index is 12.8. The summed E-state index contributed by atoms with van der Waals surface area (Å²) in [5, 5.41) is 3.45. The van der Waals surface area contributed by atoms with Crippen LogP contribution >= 0.6 is 11.6 Å². The maximum atomic E-state index is 12.8. The fourth-order valence-corrected chi connectivity index (χ4v) is 5.03. The summed E-state index contributed by atoms with van der Waals surface area (Å²) in [6, 6.07) is 14.4. The van der Waals surface area contributed by atoms with E-state index < -0.39 is 10.0 Å². The van der Waals surface area contributed by atoms with E-state index in [1.165, 1.54) is 4.31 Å². The van der Waals surface area contributed by atoms with Crippen molar-refractivity contribution in [2.75, 3.05) is 18.4 Å². The first-order chi connectivity index (χ1) is 12.8. The molecule has 0 aromatic heterocycles. The van der Waals surface area contributed by atoms with E-state index in [9.17, 15) is 13.2 Å². The van der Waals surface area contributed by atoms with Crippen molar-refractivity contribution >= 4 is 33.2 Å². The average molecular weight is 407 g/mol. The highest BCUT2D eigenvalue weighted by molar-refractivity contribution is 7.88. The lowest BCUT2D eigenvalue weighted by atomic mass is 9.98. The number of anilines is 1. The van der Waals surface area contributed by atoms with Crippen LogP contribution in [0.25, 0.3) is 0 Å². The third-order valence-corrected chi connectivity index (χ3v) is 6.85. The Hall–Kier alpha value is -1.89. The number of aryl methyl sites for hydroxylation is 1. The summed E-state index contributed by atoms with van der Waals surface area (Å²) >= 11 is 6.01. The zero-order chi connectivity index (χ0) is 19.4. The molecular formula is C20H23ClN2O3S. The fourth-order valence-electron chi connectivity index (χ4n) is 3.25. The van der Waals surface area contributed by atoms with Gasteiger partial charge in [-0.2, -0.15) is 0 Å². The first-order valence-corrected chi connectivity index (χ1v) is 10.9. The van der Waals surface area contributed by atoms with Gasteiger partial charge in [0, 0.05) is 23.8 Å². The van der Waals surface area contributed by atoms with Gasteiger partial charge < -0.3 is 5.32 Å². The van der Waals surface area contributed by atoms with Crippen molar-refractivity contribution in [3.05, 3.63) is 64.7 Å². The Morgan fingerprint density at radius 2 is 1.96 bits per heavy atom. The number of nitrogens with one attached hydrogen (secondary N) is 1. The minimum Gasteiger partial charge on any atom is -0.326 e. The fraction of sp³-hybridized carbons (Fsp3) is 0.350. The third kappa shape index (κ3) is 5.09. The Morgan fingerprint density at radius 3 is 2.70 bits per heavy atom. The smallest absolute Gasteiger partial charge is 0.228 e. The first kappa shape index (κ1) is 19.9. The second-order valence-corrected chi connectivity index (χ2v) is 9.29. The molecule has 27 heavy (non-hydrogen) atoms. The van der Waals surface area contributed by atoms with Crippen molar-refractivity contribution in [2.45, 2.75) is 25.5 Å². The minimum atomic E-state index is -3.46. The molecule has 7 heteroatoms. The predicted molar refractivity (Wildman–Crippen MR) is 108 cm³/mol. The van der Waals surface area contributed by atoms with Crippen LogP contribution in [-0.2, 0) is 20.6 Å². The van der Waals surface area contributed by atoms with Crippen molar-refractivity contribution < 1.29 is 13.2 Å². The molecule has 2 aromatic rings. The number of hydrogen-bond acceptors (Lipinski definition) is 3. The Labute approximate surface area is 165 Å².